The van der Waals surface area contributed by atoms with Crippen molar-refractivity contribution in [1.29, 1.82) is 0 Å². The lowest BCUT2D eigenvalue weighted by Crippen LogP contribution is -2.28. The third-order valence-electron chi connectivity index (χ3n) is 4.93. The minimum atomic E-state index is 0.578. The first-order valence-electron chi connectivity index (χ1n) is 8.32. The average Bonchev–Trinajstić information content (AvgIpc) is 3.12. The first kappa shape index (κ1) is 14.4. The highest BCUT2D eigenvalue weighted by Gasteiger charge is 2.24. The molecule has 0 amide bonds. The van der Waals surface area contributed by atoms with Crippen molar-refractivity contribution in [3.63, 3.8) is 0 Å². The van der Waals surface area contributed by atoms with Crippen molar-refractivity contribution >= 4 is 11.2 Å². The van der Waals surface area contributed by atoms with Crippen molar-refractivity contribution in [3.05, 3.63) is 54.0 Å². The second kappa shape index (κ2) is 5.78. The average molecular weight is 306 g/mol. The molecular formula is C19H22N4. The lowest BCUT2D eigenvalue weighted by Gasteiger charge is -2.20. The van der Waals surface area contributed by atoms with Gasteiger partial charge in [-0.2, -0.15) is 0 Å². The molecule has 1 aromatic carbocycles. The van der Waals surface area contributed by atoms with Gasteiger partial charge in [0.1, 0.15) is 11.3 Å². The molecule has 118 valence electrons. The van der Waals surface area contributed by atoms with Crippen LogP contribution in [0.4, 0.5) is 0 Å². The van der Waals surface area contributed by atoms with Gasteiger partial charge in [0.15, 0.2) is 5.65 Å². The van der Waals surface area contributed by atoms with E-state index in [0.717, 1.165) is 23.4 Å². The Morgan fingerprint density at radius 2 is 2.04 bits per heavy atom. The van der Waals surface area contributed by atoms with Crippen LogP contribution in [0.5, 0.6) is 0 Å². The molecule has 0 spiro atoms. The molecule has 0 aliphatic carbocycles. The minimum absolute atomic E-state index is 0.578. The molecule has 0 N–H and O–H groups in total. The number of likely N-dealkylation sites (N-methyl/N-ethyl adjacent to an activating group) is 1. The Hall–Kier alpha value is -2.20. The number of aromatic nitrogens is 3. The van der Waals surface area contributed by atoms with Gasteiger partial charge in [0.05, 0.1) is 5.69 Å². The summed E-state index contributed by atoms with van der Waals surface area (Å²) in [6.07, 6.45) is 5.36. The van der Waals surface area contributed by atoms with E-state index in [0.29, 0.717) is 6.04 Å². The van der Waals surface area contributed by atoms with Gasteiger partial charge in [0, 0.05) is 18.7 Å². The van der Waals surface area contributed by atoms with Crippen LogP contribution in [0.3, 0.4) is 0 Å². The smallest absolute Gasteiger partial charge is 0.164 e. The van der Waals surface area contributed by atoms with E-state index in [1.165, 1.54) is 30.6 Å². The predicted octanol–water partition coefficient (Wildman–Crippen LogP) is 3.37. The minimum Gasteiger partial charge on any atom is -0.303 e. The van der Waals surface area contributed by atoms with Gasteiger partial charge < -0.3 is 4.90 Å². The molecule has 1 atom stereocenters. The Morgan fingerprint density at radius 3 is 2.83 bits per heavy atom. The fraction of sp³-hybridized carbons (Fsp3) is 0.368. The van der Waals surface area contributed by atoms with Crippen LogP contribution < -0.4 is 0 Å². The zero-order valence-corrected chi connectivity index (χ0v) is 13.7. The van der Waals surface area contributed by atoms with Gasteiger partial charge in [0.2, 0.25) is 0 Å². The van der Waals surface area contributed by atoms with Crippen molar-refractivity contribution in [2.75, 3.05) is 13.6 Å². The molecule has 4 nitrogen and oxygen atoms in total. The number of benzene rings is 1. The van der Waals surface area contributed by atoms with Gasteiger partial charge in [-0.15, -0.1) is 0 Å². The van der Waals surface area contributed by atoms with E-state index >= 15 is 0 Å². The van der Waals surface area contributed by atoms with E-state index in [1.807, 2.05) is 12.3 Å². The highest BCUT2D eigenvalue weighted by atomic mass is 15.2. The van der Waals surface area contributed by atoms with Crippen LogP contribution in [0.2, 0.25) is 0 Å². The third-order valence-corrected chi connectivity index (χ3v) is 4.93. The van der Waals surface area contributed by atoms with Gasteiger partial charge in [-0.1, -0.05) is 18.2 Å². The lowest BCUT2D eigenvalue weighted by molar-refractivity contribution is 0.305. The van der Waals surface area contributed by atoms with Crippen LogP contribution in [-0.4, -0.2) is 39.1 Å². The number of likely N-dealkylation sites (tertiary alicyclic amines) is 1. The molecule has 4 heteroatoms. The molecule has 1 saturated heterocycles. The maximum atomic E-state index is 4.90. The number of pyridine rings is 1. The zero-order chi connectivity index (χ0) is 15.8. The van der Waals surface area contributed by atoms with Gasteiger partial charge >= 0.3 is 0 Å². The number of hydrogen-bond donors (Lipinski definition) is 0. The van der Waals surface area contributed by atoms with Crippen LogP contribution in [0, 0.1) is 6.92 Å². The number of fused-ring (bicyclic) bond motifs is 1. The molecular weight excluding hydrogens is 284 g/mol. The van der Waals surface area contributed by atoms with Gasteiger partial charge in [0.25, 0.3) is 0 Å². The van der Waals surface area contributed by atoms with Crippen LogP contribution in [0.15, 0.2) is 42.6 Å². The normalized spacial score (nSPS) is 18.8. The molecule has 0 saturated carbocycles. The molecule has 1 unspecified atom stereocenters. The van der Waals surface area contributed by atoms with Crippen molar-refractivity contribution < 1.29 is 0 Å². The van der Waals surface area contributed by atoms with E-state index in [4.69, 9.17) is 4.98 Å². The molecule has 1 aliphatic rings. The summed E-state index contributed by atoms with van der Waals surface area (Å²) in [5, 5.41) is 0. The van der Waals surface area contributed by atoms with Gasteiger partial charge in [-0.3, -0.25) is 4.57 Å². The van der Waals surface area contributed by atoms with Gasteiger partial charge in [-0.25, -0.2) is 9.97 Å². The first-order valence-corrected chi connectivity index (χ1v) is 8.32. The van der Waals surface area contributed by atoms with E-state index in [-0.39, 0.29) is 0 Å². The van der Waals surface area contributed by atoms with E-state index in [9.17, 15) is 0 Å². The topological polar surface area (TPSA) is 34.0 Å². The molecule has 0 radical (unpaired) electrons. The van der Waals surface area contributed by atoms with Crippen molar-refractivity contribution in [2.45, 2.75) is 32.2 Å². The summed E-state index contributed by atoms with van der Waals surface area (Å²) in [6.45, 7) is 3.34. The van der Waals surface area contributed by atoms with Crippen LogP contribution in [0.25, 0.3) is 16.9 Å². The van der Waals surface area contributed by atoms with E-state index in [1.54, 1.807) is 0 Å². The van der Waals surface area contributed by atoms with Crippen molar-refractivity contribution in [2.24, 2.45) is 0 Å². The number of imidazole rings is 1. The molecule has 0 bridgehead atoms. The summed E-state index contributed by atoms with van der Waals surface area (Å²) < 4.78 is 2.25. The van der Waals surface area contributed by atoms with Crippen molar-refractivity contribution in [1.82, 2.24) is 19.4 Å². The van der Waals surface area contributed by atoms with E-state index in [2.05, 4.69) is 58.8 Å². The Labute approximate surface area is 136 Å². The number of hydrogen-bond acceptors (Lipinski definition) is 3. The SMILES string of the molecule is Cc1ccccc1-n1c(CC2CCCN2C)nc2cccnc21. The van der Waals surface area contributed by atoms with Crippen LogP contribution in [-0.2, 0) is 6.42 Å². The molecule has 2 aromatic heterocycles. The second-order valence-electron chi connectivity index (χ2n) is 6.48. The van der Waals surface area contributed by atoms with Gasteiger partial charge in [-0.05, 0) is 57.1 Å². The second-order valence-corrected chi connectivity index (χ2v) is 6.48. The quantitative estimate of drug-likeness (QED) is 0.744. The third kappa shape index (κ3) is 2.53. The lowest BCUT2D eigenvalue weighted by atomic mass is 10.1. The summed E-state index contributed by atoms with van der Waals surface area (Å²) in [5.74, 6) is 1.12. The number of nitrogens with zero attached hydrogens (tertiary/aromatic N) is 4. The molecule has 3 heterocycles. The zero-order valence-electron chi connectivity index (χ0n) is 13.7. The summed E-state index contributed by atoms with van der Waals surface area (Å²) in [6, 6.07) is 13.1. The number of para-hydroxylation sites is 1. The summed E-state index contributed by atoms with van der Waals surface area (Å²) in [5.41, 5.74) is 4.37. The summed E-state index contributed by atoms with van der Waals surface area (Å²) >= 11 is 0. The monoisotopic (exact) mass is 306 g/mol. The Kier molecular flexibility index (Phi) is 3.62. The fourth-order valence-electron chi connectivity index (χ4n) is 3.61. The Bertz CT molecular complexity index is 836. The highest BCUT2D eigenvalue weighted by molar-refractivity contribution is 5.74. The first-order chi connectivity index (χ1) is 11.2. The maximum absolute atomic E-state index is 4.90. The van der Waals surface area contributed by atoms with Crippen molar-refractivity contribution in [3.8, 4) is 5.69 Å². The maximum Gasteiger partial charge on any atom is 0.164 e. The van der Waals surface area contributed by atoms with Crippen LogP contribution >= 0.6 is 0 Å². The number of aryl methyl sites for hydroxylation is 1. The summed E-state index contributed by atoms with van der Waals surface area (Å²) in [7, 11) is 2.22. The predicted molar refractivity (Wildman–Crippen MR) is 93.0 cm³/mol. The fourth-order valence-corrected chi connectivity index (χ4v) is 3.61. The largest absolute Gasteiger partial charge is 0.303 e. The Morgan fingerprint density at radius 1 is 1.17 bits per heavy atom. The van der Waals surface area contributed by atoms with Crippen LogP contribution in [0.1, 0.15) is 24.2 Å². The molecule has 1 fully saturated rings. The highest BCUT2D eigenvalue weighted by Crippen LogP contribution is 2.26. The summed E-state index contributed by atoms with van der Waals surface area (Å²) in [4.78, 5) is 12.0. The Balaban J connectivity index is 1.86. The van der Waals surface area contributed by atoms with E-state index < -0.39 is 0 Å². The molecule has 1 aliphatic heterocycles. The molecule has 3 aromatic rings. The number of rotatable bonds is 3. The molecule has 4 rings (SSSR count). The standard InChI is InChI=1S/C19H22N4/c1-14-7-3-4-10-17(14)23-18(13-15-8-6-12-22(15)2)21-16-9-5-11-20-19(16)23/h3-5,7,9-11,15H,6,8,12-13H2,1-2H3. The molecule has 23 heavy (non-hydrogen) atoms.